The van der Waals surface area contributed by atoms with Gasteiger partial charge in [0.25, 0.3) is 0 Å². The molecular formula is C22H22FN3O. The van der Waals surface area contributed by atoms with Crippen LogP contribution in [0.4, 0.5) is 4.39 Å². The molecule has 3 aromatic rings. The topological polar surface area (TPSA) is 38.1 Å². The summed E-state index contributed by atoms with van der Waals surface area (Å²) in [4.78, 5) is 14.7. The number of halogens is 1. The van der Waals surface area contributed by atoms with E-state index in [9.17, 15) is 9.18 Å². The van der Waals surface area contributed by atoms with Gasteiger partial charge in [0.15, 0.2) is 0 Å². The van der Waals surface area contributed by atoms with E-state index in [4.69, 9.17) is 0 Å². The van der Waals surface area contributed by atoms with E-state index in [-0.39, 0.29) is 11.7 Å². The number of hydrogen-bond acceptors (Lipinski definition) is 2. The fourth-order valence-corrected chi connectivity index (χ4v) is 3.57. The summed E-state index contributed by atoms with van der Waals surface area (Å²) < 4.78 is 15.2. The second-order valence-electron chi connectivity index (χ2n) is 6.90. The Balaban J connectivity index is 1.53. The first-order valence-corrected chi connectivity index (χ1v) is 9.30. The van der Waals surface area contributed by atoms with E-state index in [1.165, 1.54) is 17.7 Å². The molecule has 27 heavy (non-hydrogen) atoms. The Morgan fingerprint density at radius 2 is 1.89 bits per heavy atom. The predicted molar refractivity (Wildman–Crippen MR) is 103 cm³/mol. The van der Waals surface area contributed by atoms with Crippen LogP contribution in [0.3, 0.4) is 0 Å². The first kappa shape index (κ1) is 17.5. The summed E-state index contributed by atoms with van der Waals surface area (Å²) in [5, 5.41) is 4.44. The Hall–Kier alpha value is -2.95. The van der Waals surface area contributed by atoms with Crippen LogP contribution in [0.15, 0.2) is 54.7 Å². The van der Waals surface area contributed by atoms with E-state index in [0.29, 0.717) is 26.1 Å². The summed E-state index contributed by atoms with van der Waals surface area (Å²) in [6.07, 6.45) is 3.18. The third-order valence-corrected chi connectivity index (χ3v) is 5.13. The number of rotatable bonds is 4. The summed E-state index contributed by atoms with van der Waals surface area (Å²) in [5.74, 6) is -0.133. The van der Waals surface area contributed by atoms with E-state index in [1.54, 1.807) is 18.3 Å². The zero-order valence-electron chi connectivity index (χ0n) is 15.4. The van der Waals surface area contributed by atoms with Crippen LogP contribution in [0.1, 0.15) is 23.7 Å². The molecule has 0 saturated carbocycles. The number of nitrogens with zero attached hydrogens (tertiary/aromatic N) is 3. The highest BCUT2D eigenvalue weighted by molar-refractivity contribution is 5.79. The van der Waals surface area contributed by atoms with Crippen LogP contribution < -0.4 is 0 Å². The second kappa shape index (κ2) is 7.35. The van der Waals surface area contributed by atoms with Crippen molar-refractivity contribution in [1.29, 1.82) is 0 Å². The molecule has 4 nitrogen and oxygen atoms in total. The van der Waals surface area contributed by atoms with Gasteiger partial charge in [0.05, 0.1) is 31.4 Å². The Labute approximate surface area is 158 Å². The standard InChI is InChI=1S/C22H22FN3O/c1-2-16-4-3-5-17(12-16)13-22(27)25-10-11-26-21(15-25)20(14-24-26)18-6-8-19(23)9-7-18/h3-9,12,14H,2,10-11,13,15H2,1H3. The van der Waals surface area contributed by atoms with Gasteiger partial charge in [-0.1, -0.05) is 43.3 Å². The molecule has 0 spiro atoms. The number of fused-ring (bicyclic) bond motifs is 1. The molecular weight excluding hydrogens is 341 g/mol. The molecule has 4 rings (SSSR count). The molecule has 0 N–H and O–H groups in total. The molecule has 2 heterocycles. The van der Waals surface area contributed by atoms with Crippen LogP contribution >= 0.6 is 0 Å². The molecule has 2 aromatic carbocycles. The summed E-state index contributed by atoms with van der Waals surface area (Å²) >= 11 is 0. The number of carbonyl (C=O) groups is 1. The van der Waals surface area contributed by atoms with E-state index in [2.05, 4.69) is 24.2 Å². The van der Waals surface area contributed by atoms with Crippen LogP contribution in [0.25, 0.3) is 11.1 Å². The smallest absolute Gasteiger partial charge is 0.227 e. The molecule has 0 aliphatic carbocycles. The highest BCUT2D eigenvalue weighted by Gasteiger charge is 2.24. The lowest BCUT2D eigenvalue weighted by molar-refractivity contribution is -0.131. The van der Waals surface area contributed by atoms with Gasteiger partial charge in [-0.25, -0.2) is 4.39 Å². The molecule has 0 bridgehead atoms. The SMILES string of the molecule is CCc1cccc(CC(=O)N2CCn3ncc(-c4ccc(F)cc4)c3C2)c1. The Kier molecular flexibility index (Phi) is 4.75. The molecule has 0 radical (unpaired) electrons. The van der Waals surface area contributed by atoms with E-state index >= 15 is 0 Å². The number of amides is 1. The Morgan fingerprint density at radius 3 is 2.67 bits per heavy atom. The van der Waals surface area contributed by atoms with Crippen molar-refractivity contribution in [2.45, 2.75) is 32.9 Å². The summed E-state index contributed by atoms with van der Waals surface area (Å²) in [6, 6.07) is 14.6. The highest BCUT2D eigenvalue weighted by Crippen LogP contribution is 2.27. The Morgan fingerprint density at radius 1 is 1.11 bits per heavy atom. The first-order chi connectivity index (χ1) is 13.1. The van der Waals surface area contributed by atoms with Gasteiger partial charge in [0, 0.05) is 12.1 Å². The van der Waals surface area contributed by atoms with Gasteiger partial charge >= 0.3 is 0 Å². The molecule has 1 amide bonds. The van der Waals surface area contributed by atoms with Crippen molar-refractivity contribution in [2.24, 2.45) is 0 Å². The maximum atomic E-state index is 13.2. The number of aromatic nitrogens is 2. The quantitative estimate of drug-likeness (QED) is 0.706. The van der Waals surface area contributed by atoms with Gasteiger partial charge in [0.1, 0.15) is 5.82 Å². The fourth-order valence-electron chi connectivity index (χ4n) is 3.57. The minimum Gasteiger partial charge on any atom is -0.335 e. The van der Waals surface area contributed by atoms with E-state index < -0.39 is 0 Å². The molecule has 138 valence electrons. The second-order valence-corrected chi connectivity index (χ2v) is 6.90. The molecule has 0 saturated heterocycles. The lowest BCUT2D eigenvalue weighted by Crippen LogP contribution is -2.39. The number of aryl methyl sites for hydroxylation is 1. The summed E-state index contributed by atoms with van der Waals surface area (Å²) in [5.41, 5.74) is 5.18. The van der Waals surface area contributed by atoms with E-state index in [1.807, 2.05) is 21.7 Å². The average Bonchev–Trinajstić information content (AvgIpc) is 3.12. The highest BCUT2D eigenvalue weighted by atomic mass is 19.1. The zero-order valence-corrected chi connectivity index (χ0v) is 15.4. The molecule has 1 aromatic heterocycles. The van der Waals surface area contributed by atoms with Gasteiger partial charge in [-0.3, -0.25) is 9.48 Å². The zero-order chi connectivity index (χ0) is 18.8. The lowest BCUT2D eigenvalue weighted by atomic mass is 10.0. The van der Waals surface area contributed by atoms with Crippen molar-refractivity contribution in [2.75, 3.05) is 6.54 Å². The third kappa shape index (κ3) is 3.63. The number of benzene rings is 2. The summed E-state index contributed by atoms with van der Waals surface area (Å²) in [7, 11) is 0. The van der Waals surface area contributed by atoms with E-state index in [0.717, 1.165) is 28.8 Å². The maximum absolute atomic E-state index is 13.2. The van der Waals surface area contributed by atoms with Crippen molar-refractivity contribution in [1.82, 2.24) is 14.7 Å². The monoisotopic (exact) mass is 363 g/mol. The van der Waals surface area contributed by atoms with Gasteiger partial charge in [-0.15, -0.1) is 0 Å². The molecule has 1 aliphatic rings. The van der Waals surface area contributed by atoms with Crippen molar-refractivity contribution in [3.05, 3.63) is 77.4 Å². The van der Waals surface area contributed by atoms with Crippen molar-refractivity contribution >= 4 is 5.91 Å². The van der Waals surface area contributed by atoms with Gasteiger partial charge in [-0.2, -0.15) is 5.10 Å². The molecule has 1 aliphatic heterocycles. The lowest BCUT2D eigenvalue weighted by Gasteiger charge is -2.28. The van der Waals surface area contributed by atoms with Crippen LogP contribution in [-0.4, -0.2) is 27.1 Å². The molecule has 0 unspecified atom stereocenters. The minimum atomic E-state index is -0.258. The minimum absolute atomic E-state index is 0.126. The first-order valence-electron chi connectivity index (χ1n) is 9.30. The Bertz CT molecular complexity index is 962. The molecule has 0 fully saturated rings. The van der Waals surface area contributed by atoms with Crippen LogP contribution in [0, 0.1) is 5.82 Å². The normalized spacial score (nSPS) is 13.5. The number of carbonyl (C=O) groups excluding carboxylic acids is 1. The van der Waals surface area contributed by atoms with Crippen molar-refractivity contribution < 1.29 is 9.18 Å². The summed E-state index contributed by atoms with van der Waals surface area (Å²) in [6.45, 7) is 3.98. The van der Waals surface area contributed by atoms with Crippen LogP contribution in [0.5, 0.6) is 0 Å². The van der Waals surface area contributed by atoms with Gasteiger partial charge < -0.3 is 4.90 Å². The van der Waals surface area contributed by atoms with Crippen LogP contribution in [0.2, 0.25) is 0 Å². The van der Waals surface area contributed by atoms with Crippen molar-refractivity contribution in [3.63, 3.8) is 0 Å². The number of hydrogen-bond donors (Lipinski definition) is 0. The average molecular weight is 363 g/mol. The maximum Gasteiger partial charge on any atom is 0.227 e. The third-order valence-electron chi connectivity index (χ3n) is 5.13. The molecule has 0 atom stereocenters. The van der Waals surface area contributed by atoms with Gasteiger partial charge in [-0.05, 0) is 35.2 Å². The van der Waals surface area contributed by atoms with Gasteiger partial charge in [0.2, 0.25) is 5.91 Å². The largest absolute Gasteiger partial charge is 0.335 e. The van der Waals surface area contributed by atoms with Crippen molar-refractivity contribution in [3.8, 4) is 11.1 Å². The molecule has 5 heteroatoms. The fraction of sp³-hybridized carbons (Fsp3) is 0.273. The predicted octanol–water partition coefficient (Wildman–Crippen LogP) is 3.84. The van der Waals surface area contributed by atoms with Crippen LogP contribution in [-0.2, 0) is 30.7 Å².